The predicted molar refractivity (Wildman–Crippen MR) is 59.8 cm³/mol. The quantitative estimate of drug-likeness (QED) is 0.799. The molecular weight excluding hydrogens is 231 g/mol. The zero-order valence-corrected chi connectivity index (χ0v) is 9.89. The van der Waals surface area contributed by atoms with E-state index in [1.807, 2.05) is 6.92 Å². The summed E-state index contributed by atoms with van der Waals surface area (Å²) in [7, 11) is 0. The van der Waals surface area contributed by atoms with Crippen LogP contribution in [0.1, 0.15) is 31.7 Å². The maximum Gasteiger partial charge on any atom is 0.389 e. The molecule has 0 radical (unpaired) electrons. The first-order valence-corrected chi connectivity index (χ1v) is 5.82. The van der Waals surface area contributed by atoms with Crippen molar-refractivity contribution in [3.63, 3.8) is 0 Å². The Hall–Kier alpha value is -0.970. The van der Waals surface area contributed by atoms with Crippen molar-refractivity contribution in [3.05, 3.63) is 24.2 Å². The number of hydrogen-bond acceptors (Lipinski definition) is 2. The molecule has 1 atom stereocenters. The van der Waals surface area contributed by atoms with E-state index in [4.69, 9.17) is 4.42 Å². The van der Waals surface area contributed by atoms with Gasteiger partial charge in [0.2, 0.25) is 0 Å². The summed E-state index contributed by atoms with van der Waals surface area (Å²) in [6.45, 7) is 2.73. The Morgan fingerprint density at radius 2 is 2.18 bits per heavy atom. The Morgan fingerprint density at radius 3 is 2.71 bits per heavy atom. The van der Waals surface area contributed by atoms with Gasteiger partial charge < -0.3 is 9.73 Å². The zero-order valence-electron chi connectivity index (χ0n) is 9.89. The standard InChI is InChI=1S/C12H18F3NO/c1-2-6-16-11(3-5-12(13,14)15)8-10-4-7-17-9-10/h4,7,9,11,16H,2-3,5-6,8H2,1H3. The van der Waals surface area contributed by atoms with E-state index in [9.17, 15) is 13.2 Å². The van der Waals surface area contributed by atoms with Gasteiger partial charge in [0.1, 0.15) is 0 Å². The molecule has 0 aliphatic rings. The number of rotatable bonds is 7. The highest BCUT2D eigenvalue weighted by Crippen LogP contribution is 2.23. The second kappa shape index (κ2) is 6.69. The molecule has 0 saturated carbocycles. The zero-order chi connectivity index (χ0) is 12.7. The molecule has 0 saturated heterocycles. The third kappa shape index (κ3) is 6.36. The van der Waals surface area contributed by atoms with E-state index in [1.54, 1.807) is 12.3 Å². The third-order valence-corrected chi connectivity index (χ3v) is 2.52. The van der Waals surface area contributed by atoms with Gasteiger partial charge in [-0.3, -0.25) is 0 Å². The number of halogens is 3. The normalized spacial score (nSPS) is 13.9. The van der Waals surface area contributed by atoms with Gasteiger partial charge in [0, 0.05) is 12.5 Å². The van der Waals surface area contributed by atoms with Gasteiger partial charge in [-0.1, -0.05) is 6.92 Å². The number of hydrogen-bond donors (Lipinski definition) is 1. The van der Waals surface area contributed by atoms with Crippen LogP contribution in [0.5, 0.6) is 0 Å². The van der Waals surface area contributed by atoms with Crippen molar-refractivity contribution in [3.8, 4) is 0 Å². The Bertz CT molecular complexity index is 295. The second-order valence-corrected chi connectivity index (χ2v) is 4.14. The lowest BCUT2D eigenvalue weighted by Gasteiger charge is -2.18. The van der Waals surface area contributed by atoms with E-state index < -0.39 is 12.6 Å². The van der Waals surface area contributed by atoms with Crippen molar-refractivity contribution in [2.45, 2.75) is 44.8 Å². The summed E-state index contributed by atoms with van der Waals surface area (Å²) in [5.41, 5.74) is 0.931. The third-order valence-electron chi connectivity index (χ3n) is 2.52. The van der Waals surface area contributed by atoms with Crippen LogP contribution in [0.4, 0.5) is 13.2 Å². The van der Waals surface area contributed by atoms with E-state index >= 15 is 0 Å². The fourth-order valence-electron chi connectivity index (χ4n) is 1.66. The molecule has 0 aliphatic heterocycles. The van der Waals surface area contributed by atoms with Crippen LogP contribution in [0.25, 0.3) is 0 Å². The number of furan rings is 1. The molecule has 1 N–H and O–H groups in total. The highest BCUT2D eigenvalue weighted by molar-refractivity contribution is 5.07. The smallest absolute Gasteiger partial charge is 0.389 e. The predicted octanol–water partition coefficient (Wildman–Crippen LogP) is 3.53. The molecule has 1 aromatic heterocycles. The summed E-state index contributed by atoms with van der Waals surface area (Å²) in [6, 6.07) is 1.64. The molecule has 17 heavy (non-hydrogen) atoms. The van der Waals surface area contributed by atoms with Crippen LogP contribution >= 0.6 is 0 Å². The summed E-state index contributed by atoms with van der Waals surface area (Å²) in [5, 5.41) is 3.14. The molecule has 0 aromatic carbocycles. The van der Waals surface area contributed by atoms with Crippen molar-refractivity contribution < 1.29 is 17.6 Å². The summed E-state index contributed by atoms with van der Waals surface area (Å²) in [5.74, 6) is 0. The largest absolute Gasteiger partial charge is 0.472 e. The Labute approximate surface area is 99.2 Å². The molecule has 0 fully saturated rings. The van der Waals surface area contributed by atoms with Crippen LogP contribution in [0.3, 0.4) is 0 Å². The van der Waals surface area contributed by atoms with E-state index in [0.29, 0.717) is 6.42 Å². The van der Waals surface area contributed by atoms with Gasteiger partial charge in [-0.25, -0.2) is 0 Å². The second-order valence-electron chi connectivity index (χ2n) is 4.14. The average molecular weight is 249 g/mol. The van der Waals surface area contributed by atoms with Gasteiger partial charge >= 0.3 is 6.18 Å². The number of nitrogens with one attached hydrogen (secondary N) is 1. The molecule has 5 heteroatoms. The van der Waals surface area contributed by atoms with E-state index in [1.165, 1.54) is 6.26 Å². The molecule has 98 valence electrons. The minimum absolute atomic E-state index is 0.106. The molecule has 2 nitrogen and oxygen atoms in total. The van der Waals surface area contributed by atoms with Crippen LogP contribution in [0, 0.1) is 0 Å². The average Bonchev–Trinajstić information content (AvgIpc) is 2.73. The monoisotopic (exact) mass is 249 g/mol. The first-order valence-electron chi connectivity index (χ1n) is 5.82. The van der Waals surface area contributed by atoms with Gasteiger partial charge in [-0.15, -0.1) is 0 Å². The summed E-state index contributed by atoms with van der Waals surface area (Å²) in [4.78, 5) is 0. The SMILES string of the molecule is CCCNC(CCC(F)(F)F)Cc1ccoc1. The van der Waals surface area contributed by atoms with Gasteiger partial charge in [0.05, 0.1) is 12.5 Å². The fourth-order valence-corrected chi connectivity index (χ4v) is 1.66. The van der Waals surface area contributed by atoms with Crippen LogP contribution in [0.15, 0.2) is 23.0 Å². The molecule has 1 heterocycles. The van der Waals surface area contributed by atoms with Crippen molar-refractivity contribution in [1.82, 2.24) is 5.32 Å². The summed E-state index contributed by atoms with van der Waals surface area (Å²) in [6.07, 6.45) is -0.117. The first-order chi connectivity index (χ1) is 8.01. The van der Waals surface area contributed by atoms with Crippen molar-refractivity contribution in [1.29, 1.82) is 0 Å². The van der Waals surface area contributed by atoms with Crippen molar-refractivity contribution in [2.75, 3.05) is 6.54 Å². The highest BCUT2D eigenvalue weighted by Gasteiger charge is 2.28. The molecule has 1 rings (SSSR count). The minimum atomic E-state index is -4.08. The summed E-state index contributed by atoms with van der Waals surface area (Å²) >= 11 is 0. The van der Waals surface area contributed by atoms with Crippen LogP contribution in [0.2, 0.25) is 0 Å². The molecule has 1 aromatic rings. The van der Waals surface area contributed by atoms with E-state index in [2.05, 4.69) is 5.32 Å². The van der Waals surface area contributed by atoms with Crippen molar-refractivity contribution >= 4 is 0 Å². The van der Waals surface area contributed by atoms with Crippen LogP contribution in [-0.4, -0.2) is 18.8 Å². The van der Waals surface area contributed by atoms with Gasteiger partial charge in [-0.05, 0) is 37.4 Å². The fraction of sp³-hybridized carbons (Fsp3) is 0.667. The van der Waals surface area contributed by atoms with Crippen LogP contribution in [-0.2, 0) is 6.42 Å². The maximum absolute atomic E-state index is 12.2. The molecule has 0 aliphatic carbocycles. The van der Waals surface area contributed by atoms with Gasteiger partial charge in [0.15, 0.2) is 0 Å². The molecule has 1 unspecified atom stereocenters. The van der Waals surface area contributed by atoms with Crippen LogP contribution < -0.4 is 5.32 Å². The maximum atomic E-state index is 12.2. The minimum Gasteiger partial charge on any atom is -0.472 e. The van der Waals surface area contributed by atoms with Crippen molar-refractivity contribution in [2.24, 2.45) is 0 Å². The van der Waals surface area contributed by atoms with E-state index in [0.717, 1.165) is 18.5 Å². The molecule has 0 amide bonds. The molecular formula is C12H18F3NO. The lowest BCUT2D eigenvalue weighted by Crippen LogP contribution is -2.33. The molecule has 0 spiro atoms. The Kier molecular flexibility index (Phi) is 5.55. The lowest BCUT2D eigenvalue weighted by molar-refractivity contribution is -0.136. The van der Waals surface area contributed by atoms with Gasteiger partial charge in [-0.2, -0.15) is 13.2 Å². The molecule has 0 bridgehead atoms. The van der Waals surface area contributed by atoms with E-state index in [-0.39, 0.29) is 12.5 Å². The Morgan fingerprint density at radius 1 is 1.41 bits per heavy atom. The number of alkyl halides is 3. The first kappa shape index (κ1) is 14.1. The van der Waals surface area contributed by atoms with Gasteiger partial charge in [0.25, 0.3) is 0 Å². The topological polar surface area (TPSA) is 25.2 Å². The Balaban J connectivity index is 2.42. The summed E-state index contributed by atoms with van der Waals surface area (Å²) < 4.78 is 41.4. The highest BCUT2D eigenvalue weighted by atomic mass is 19.4. The lowest BCUT2D eigenvalue weighted by atomic mass is 10.0.